The van der Waals surface area contributed by atoms with Gasteiger partial charge in [0.15, 0.2) is 0 Å². The van der Waals surface area contributed by atoms with Crippen LogP contribution in [0.25, 0.3) is 0 Å². The average Bonchev–Trinajstić information content (AvgIpc) is 3.69. The number of anilines is 1. The summed E-state index contributed by atoms with van der Waals surface area (Å²) in [6, 6.07) is 13.5. The lowest BCUT2D eigenvalue weighted by Gasteiger charge is -2.40. The Morgan fingerprint density at radius 1 is 1.14 bits per heavy atom. The summed E-state index contributed by atoms with van der Waals surface area (Å²) < 4.78 is 13.0. The predicted octanol–water partition coefficient (Wildman–Crippen LogP) is 5.38. The smallest absolute Gasteiger partial charge is 0.313 e. The molecular formula is C38H45BrClN3O7. The van der Waals surface area contributed by atoms with Gasteiger partial charge in [0, 0.05) is 17.8 Å². The molecule has 0 aromatic heterocycles. The van der Waals surface area contributed by atoms with Gasteiger partial charge in [-0.05, 0) is 43.4 Å². The van der Waals surface area contributed by atoms with Crippen LogP contribution >= 0.6 is 27.5 Å². The van der Waals surface area contributed by atoms with Crippen molar-refractivity contribution in [1.82, 2.24) is 10.2 Å². The van der Waals surface area contributed by atoms with E-state index in [1.165, 1.54) is 9.80 Å². The monoisotopic (exact) mass is 769 g/mol. The first-order chi connectivity index (χ1) is 23.9. The van der Waals surface area contributed by atoms with Gasteiger partial charge in [0.25, 0.3) is 5.91 Å². The second-order valence-electron chi connectivity index (χ2n) is 13.5. The summed E-state index contributed by atoms with van der Waals surface area (Å²) >= 11 is 10.3. The minimum absolute atomic E-state index is 0.0924. The Balaban J connectivity index is 1.55. The number of ether oxygens (including phenoxy) is 2. The summed E-state index contributed by atoms with van der Waals surface area (Å²) in [6.45, 7) is 12.7. The number of alkyl halides is 1. The molecule has 12 heteroatoms. The third-order valence-electron chi connectivity index (χ3n) is 10.1. The zero-order valence-corrected chi connectivity index (χ0v) is 30.9. The molecule has 10 nitrogen and oxygen atoms in total. The van der Waals surface area contributed by atoms with Crippen LogP contribution in [0.2, 0.25) is 5.02 Å². The topological polar surface area (TPSA) is 125 Å². The first-order valence-corrected chi connectivity index (χ1v) is 18.3. The number of likely N-dealkylation sites (tertiary alicyclic amines) is 1. The summed E-state index contributed by atoms with van der Waals surface area (Å²) in [6.07, 6.45) is 2.57. The Labute approximate surface area is 306 Å². The maximum absolute atomic E-state index is 14.9. The van der Waals surface area contributed by atoms with Crippen LogP contribution in [-0.4, -0.2) is 81.5 Å². The number of amides is 3. The molecule has 3 aliphatic heterocycles. The fourth-order valence-corrected chi connectivity index (χ4v) is 8.97. The molecule has 0 saturated carbocycles. The summed E-state index contributed by atoms with van der Waals surface area (Å²) in [5.74, 6) is -4.19. The number of rotatable bonds is 15. The van der Waals surface area contributed by atoms with Crippen LogP contribution in [0.4, 0.5) is 5.69 Å². The van der Waals surface area contributed by atoms with Crippen molar-refractivity contribution in [2.24, 2.45) is 17.8 Å². The van der Waals surface area contributed by atoms with E-state index in [9.17, 15) is 24.3 Å². The Morgan fingerprint density at radius 2 is 1.82 bits per heavy atom. The van der Waals surface area contributed by atoms with Crippen molar-refractivity contribution in [3.05, 3.63) is 90.5 Å². The standard InChI is InChI=1S/C38H45BrClN3O7/c1-6-8-18-29(45)41-23(5)32(24-14-10-9-11-15-24)49-37(48)30-31-35(46)43(28(21-44)22(3)4)34(38(31)20-25(39)33(30)50-38)36(47)42(19-7-2)27-17-13-12-16-26(27)40/h6-7,9-17,22-23,25,28,30-34,44H,1-2,8,18-21H2,3-5H3,(H,41,45)/t23-,25?,28-,30+,31-,32-,33+,34+,38-/m0/s1. The van der Waals surface area contributed by atoms with Gasteiger partial charge in [-0.3, -0.25) is 19.2 Å². The van der Waals surface area contributed by atoms with Crippen molar-refractivity contribution in [1.29, 1.82) is 0 Å². The molecule has 5 rings (SSSR count). The molecular weight excluding hydrogens is 726 g/mol. The molecule has 268 valence electrons. The number of aliphatic hydroxyl groups is 1. The van der Waals surface area contributed by atoms with Crippen LogP contribution in [0, 0.1) is 17.8 Å². The molecule has 0 radical (unpaired) electrons. The number of hydrogen-bond acceptors (Lipinski definition) is 7. The van der Waals surface area contributed by atoms with Crippen LogP contribution < -0.4 is 10.2 Å². The number of benzene rings is 2. The molecule has 3 saturated heterocycles. The van der Waals surface area contributed by atoms with Crippen molar-refractivity contribution in [3.8, 4) is 0 Å². The molecule has 3 heterocycles. The molecule has 0 aliphatic carbocycles. The Hall–Kier alpha value is -3.51. The maximum atomic E-state index is 14.9. The van der Waals surface area contributed by atoms with Crippen LogP contribution in [0.3, 0.4) is 0 Å². The van der Waals surface area contributed by atoms with Gasteiger partial charge in [0.1, 0.15) is 17.7 Å². The molecule has 3 fully saturated rings. The Kier molecular flexibility index (Phi) is 11.9. The lowest BCUT2D eigenvalue weighted by atomic mass is 9.70. The number of halogens is 2. The van der Waals surface area contributed by atoms with Crippen molar-refractivity contribution in [3.63, 3.8) is 0 Å². The van der Waals surface area contributed by atoms with Crippen LogP contribution in [0.5, 0.6) is 0 Å². The zero-order chi connectivity index (χ0) is 36.3. The number of fused-ring (bicyclic) bond motifs is 1. The number of hydrogen-bond donors (Lipinski definition) is 2. The molecule has 2 bridgehead atoms. The lowest BCUT2D eigenvalue weighted by Crippen LogP contribution is -2.60. The largest absolute Gasteiger partial charge is 0.455 e. The molecule has 3 aliphatic rings. The number of aliphatic hydroxyl groups excluding tert-OH is 1. The van der Waals surface area contributed by atoms with Gasteiger partial charge < -0.3 is 29.7 Å². The summed E-state index contributed by atoms with van der Waals surface area (Å²) in [5.41, 5.74) is -0.309. The van der Waals surface area contributed by atoms with E-state index in [0.29, 0.717) is 22.7 Å². The number of carbonyl (C=O) groups is 4. The van der Waals surface area contributed by atoms with Crippen LogP contribution in [0.1, 0.15) is 51.7 Å². The molecule has 3 amide bonds. The van der Waals surface area contributed by atoms with Gasteiger partial charge in [-0.15, -0.1) is 13.2 Å². The van der Waals surface area contributed by atoms with Gasteiger partial charge in [-0.1, -0.05) is 96.0 Å². The summed E-state index contributed by atoms with van der Waals surface area (Å²) in [4.78, 5) is 59.4. The van der Waals surface area contributed by atoms with E-state index in [1.54, 1.807) is 43.3 Å². The highest BCUT2D eigenvalue weighted by molar-refractivity contribution is 9.09. The molecule has 50 heavy (non-hydrogen) atoms. The van der Waals surface area contributed by atoms with Gasteiger partial charge >= 0.3 is 5.97 Å². The zero-order valence-electron chi connectivity index (χ0n) is 28.5. The van der Waals surface area contributed by atoms with E-state index < -0.39 is 72.2 Å². The maximum Gasteiger partial charge on any atom is 0.313 e. The van der Waals surface area contributed by atoms with E-state index in [-0.39, 0.29) is 36.0 Å². The molecule has 2 aromatic rings. The number of allylic oxidation sites excluding steroid dienone is 1. The fourth-order valence-electron chi connectivity index (χ4n) is 7.79. The van der Waals surface area contributed by atoms with Gasteiger partial charge in [-0.2, -0.15) is 0 Å². The average molecular weight is 771 g/mol. The van der Waals surface area contributed by atoms with Gasteiger partial charge in [0.2, 0.25) is 11.8 Å². The fraction of sp³-hybridized carbons (Fsp3) is 0.474. The van der Waals surface area contributed by atoms with Crippen molar-refractivity contribution in [2.75, 3.05) is 18.1 Å². The van der Waals surface area contributed by atoms with Gasteiger partial charge in [0.05, 0.1) is 47.3 Å². The van der Waals surface area contributed by atoms with E-state index in [0.717, 1.165) is 0 Å². The van der Waals surface area contributed by atoms with Gasteiger partial charge in [-0.25, -0.2) is 0 Å². The SMILES string of the molecule is C=CCCC(=O)N[C@@H](C)[C@H](OC(=O)[C@H]1[C@@H]2O[C@@]3(CC2Br)[C@@H]1C(=O)N([C@@H](CO)C(C)C)[C@@H]3C(=O)N(CC=C)c1ccccc1Cl)c1ccccc1. The highest BCUT2D eigenvalue weighted by atomic mass is 79.9. The molecule has 1 unspecified atom stereocenters. The predicted molar refractivity (Wildman–Crippen MR) is 195 cm³/mol. The van der Waals surface area contributed by atoms with Crippen LogP contribution in [-0.2, 0) is 28.7 Å². The first kappa shape index (κ1) is 37.7. The number of nitrogens with one attached hydrogen (secondary N) is 1. The second kappa shape index (κ2) is 15.8. The first-order valence-electron chi connectivity index (χ1n) is 17.0. The Morgan fingerprint density at radius 3 is 2.44 bits per heavy atom. The third kappa shape index (κ3) is 6.89. The lowest BCUT2D eigenvalue weighted by molar-refractivity contribution is -0.162. The number of esters is 1. The highest BCUT2D eigenvalue weighted by Crippen LogP contribution is 2.61. The minimum atomic E-state index is -1.41. The van der Waals surface area contributed by atoms with Crippen LogP contribution in [0.15, 0.2) is 79.9 Å². The van der Waals surface area contributed by atoms with Crippen molar-refractivity contribution in [2.45, 2.75) is 80.8 Å². The normalized spacial score (nSPS) is 27.0. The second-order valence-corrected chi connectivity index (χ2v) is 15.1. The molecule has 9 atom stereocenters. The molecule has 2 N–H and O–H groups in total. The minimum Gasteiger partial charge on any atom is -0.455 e. The van der Waals surface area contributed by atoms with E-state index in [4.69, 9.17) is 21.1 Å². The summed E-state index contributed by atoms with van der Waals surface area (Å²) in [7, 11) is 0. The Bertz CT molecular complexity index is 1610. The summed E-state index contributed by atoms with van der Waals surface area (Å²) in [5, 5.41) is 13.9. The van der Waals surface area contributed by atoms with E-state index in [1.807, 2.05) is 44.2 Å². The van der Waals surface area contributed by atoms with E-state index >= 15 is 0 Å². The number of para-hydroxylation sites is 1. The number of nitrogens with zero attached hydrogens (tertiary/aromatic N) is 2. The molecule has 2 aromatic carbocycles. The number of carbonyl (C=O) groups excluding carboxylic acids is 4. The quantitative estimate of drug-likeness (QED) is 0.142. The third-order valence-corrected chi connectivity index (χ3v) is 11.2. The van der Waals surface area contributed by atoms with Crippen molar-refractivity contribution < 1.29 is 33.8 Å². The highest BCUT2D eigenvalue weighted by Gasteiger charge is 2.78. The molecule has 1 spiro atoms. The van der Waals surface area contributed by atoms with E-state index in [2.05, 4.69) is 34.4 Å². The van der Waals surface area contributed by atoms with Crippen molar-refractivity contribution >= 4 is 56.9 Å².